The van der Waals surface area contributed by atoms with E-state index in [2.05, 4.69) is 12.2 Å². The van der Waals surface area contributed by atoms with Gasteiger partial charge >= 0.3 is 0 Å². The number of rotatable bonds is 6. The Morgan fingerprint density at radius 2 is 1.84 bits per heavy atom. The summed E-state index contributed by atoms with van der Waals surface area (Å²) in [5, 5.41) is 3.13. The molecule has 4 heteroatoms. The van der Waals surface area contributed by atoms with Crippen LogP contribution in [0.3, 0.4) is 0 Å². The molecule has 1 fully saturated rings. The Morgan fingerprint density at radius 3 is 2.44 bits per heavy atom. The average Bonchev–Trinajstić information content (AvgIpc) is 3.08. The lowest BCUT2D eigenvalue weighted by Gasteiger charge is -2.19. The second-order valence-electron chi connectivity index (χ2n) is 6.42. The third-order valence-electron chi connectivity index (χ3n) is 4.60. The molecule has 0 aromatic heterocycles. The summed E-state index contributed by atoms with van der Waals surface area (Å²) in [5.41, 5.74) is 2.61. The molecule has 3 rings (SSSR count). The van der Waals surface area contributed by atoms with Gasteiger partial charge in [-0.3, -0.25) is 9.59 Å². The fraction of sp³-hybridized carbons (Fsp3) is 0.333. The van der Waals surface area contributed by atoms with E-state index in [4.69, 9.17) is 0 Å². The van der Waals surface area contributed by atoms with Crippen LogP contribution in [0.4, 0.5) is 5.69 Å². The molecule has 1 N–H and O–H groups in total. The number of anilines is 1. The smallest absolute Gasteiger partial charge is 0.251 e. The van der Waals surface area contributed by atoms with Crippen LogP contribution in [0.25, 0.3) is 0 Å². The fourth-order valence-electron chi connectivity index (χ4n) is 3.25. The molecule has 25 heavy (non-hydrogen) atoms. The third-order valence-corrected chi connectivity index (χ3v) is 4.60. The number of amides is 2. The Morgan fingerprint density at radius 1 is 1.12 bits per heavy atom. The minimum atomic E-state index is -0.0819. The van der Waals surface area contributed by atoms with Crippen LogP contribution in [0.1, 0.15) is 54.6 Å². The number of nitrogens with zero attached hydrogens (tertiary/aromatic N) is 1. The van der Waals surface area contributed by atoms with Gasteiger partial charge < -0.3 is 10.2 Å². The molecule has 2 aromatic carbocycles. The van der Waals surface area contributed by atoms with Crippen molar-refractivity contribution < 1.29 is 9.59 Å². The van der Waals surface area contributed by atoms with Gasteiger partial charge in [0.25, 0.3) is 5.91 Å². The molecule has 0 spiro atoms. The van der Waals surface area contributed by atoms with Gasteiger partial charge in [0.05, 0.1) is 6.04 Å². The molecule has 1 atom stereocenters. The van der Waals surface area contributed by atoms with Gasteiger partial charge in [-0.15, -0.1) is 0 Å². The van der Waals surface area contributed by atoms with Crippen molar-refractivity contribution in [3.05, 3.63) is 65.7 Å². The highest BCUT2D eigenvalue weighted by atomic mass is 16.2. The quantitative estimate of drug-likeness (QED) is 0.864. The molecule has 0 radical (unpaired) electrons. The van der Waals surface area contributed by atoms with Crippen molar-refractivity contribution in [1.29, 1.82) is 0 Å². The lowest BCUT2D eigenvalue weighted by atomic mass is 10.0. The molecule has 0 saturated carbocycles. The van der Waals surface area contributed by atoms with E-state index in [1.165, 1.54) is 0 Å². The van der Waals surface area contributed by atoms with Crippen LogP contribution in [0.5, 0.6) is 0 Å². The van der Waals surface area contributed by atoms with Gasteiger partial charge in [-0.1, -0.05) is 43.7 Å². The van der Waals surface area contributed by atoms with Gasteiger partial charge in [0.2, 0.25) is 5.91 Å². The van der Waals surface area contributed by atoms with Gasteiger partial charge in [0.15, 0.2) is 0 Å². The maximum Gasteiger partial charge on any atom is 0.251 e. The zero-order chi connectivity index (χ0) is 17.6. The first-order chi connectivity index (χ1) is 12.2. The van der Waals surface area contributed by atoms with E-state index in [0.717, 1.165) is 37.1 Å². The molecule has 130 valence electrons. The monoisotopic (exact) mass is 336 g/mol. The summed E-state index contributed by atoms with van der Waals surface area (Å²) in [5.74, 6) is 0.0749. The van der Waals surface area contributed by atoms with Crippen LogP contribution in [0.2, 0.25) is 0 Å². The number of carbonyl (C=O) groups excluding carboxylic acids is 2. The van der Waals surface area contributed by atoms with Crippen LogP contribution in [0, 0.1) is 0 Å². The summed E-state index contributed by atoms with van der Waals surface area (Å²) in [7, 11) is 0. The van der Waals surface area contributed by atoms with E-state index in [1.54, 1.807) is 17.0 Å². The summed E-state index contributed by atoms with van der Waals surface area (Å²) in [6, 6.07) is 17.4. The topological polar surface area (TPSA) is 49.4 Å². The Labute approximate surface area is 148 Å². The van der Waals surface area contributed by atoms with E-state index in [9.17, 15) is 9.59 Å². The predicted molar refractivity (Wildman–Crippen MR) is 99.6 cm³/mol. The summed E-state index contributed by atoms with van der Waals surface area (Å²) in [6.07, 6.45) is 3.40. The highest BCUT2D eigenvalue weighted by Gasteiger charge is 2.22. The van der Waals surface area contributed by atoms with Crippen molar-refractivity contribution in [3.8, 4) is 0 Å². The highest BCUT2D eigenvalue weighted by molar-refractivity contribution is 5.97. The molecule has 0 bridgehead atoms. The lowest BCUT2D eigenvalue weighted by Crippen LogP contribution is -2.28. The van der Waals surface area contributed by atoms with Crippen molar-refractivity contribution in [1.82, 2.24) is 5.32 Å². The number of hydrogen-bond donors (Lipinski definition) is 1. The van der Waals surface area contributed by atoms with Crippen LogP contribution < -0.4 is 10.2 Å². The van der Waals surface area contributed by atoms with Gasteiger partial charge in [0, 0.05) is 24.2 Å². The molecule has 4 nitrogen and oxygen atoms in total. The third kappa shape index (κ3) is 4.08. The van der Waals surface area contributed by atoms with E-state index < -0.39 is 0 Å². The predicted octanol–water partition coefficient (Wildman–Crippen LogP) is 4.08. The lowest BCUT2D eigenvalue weighted by molar-refractivity contribution is -0.117. The zero-order valence-electron chi connectivity index (χ0n) is 14.6. The van der Waals surface area contributed by atoms with Crippen LogP contribution in [-0.4, -0.2) is 18.4 Å². The molecule has 2 aromatic rings. The second kappa shape index (κ2) is 7.97. The minimum absolute atomic E-state index is 0.0125. The highest BCUT2D eigenvalue weighted by Crippen LogP contribution is 2.23. The number of benzene rings is 2. The molecule has 0 aliphatic carbocycles. The second-order valence-corrected chi connectivity index (χ2v) is 6.42. The number of hydrogen-bond acceptors (Lipinski definition) is 2. The number of carbonyl (C=O) groups is 2. The zero-order valence-corrected chi connectivity index (χ0v) is 14.6. The molecule has 1 aliphatic rings. The van der Waals surface area contributed by atoms with Gasteiger partial charge in [-0.2, -0.15) is 0 Å². The molecule has 1 heterocycles. The van der Waals surface area contributed by atoms with Crippen LogP contribution in [0.15, 0.2) is 54.6 Å². The van der Waals surface area contributed by atoms with Gasteiger partial charge in [0.1, 0.15) is 0 Å². The first-order valence-electron chi connectivity index (χ1n) is 8.95. The maximum atomic E-state index is 12.6. The van der Waals surface area contributed by atoms with Gasteiger partial charge in [-0.05, 0) is 42.7 Å². The molecule has 1 aliphatic heterocycles. The number of nitrogens with one attached hydrogen (secondary N) is 1. The Bertz CT molecular complexity index is 725. The van der Waals surface area contributed by atoms with Crippen molar-refractivity contribution in [2.45, 2.75) is 38.6 Å². The molecular formula is C21H24N2O2. The van der Waals surface area contributed by atoms with E-state index in [0.29, 0.717) is 12.0 Å². The molecule has 1 saturated heterocycles. The Hall–Kier alpha value is -2.62. The maximum absolute atomic E-state index is 12.6. The van der Waals surface area contributed by atoms with Gasteiger partial charge in [-0.25, -0.2) is 0 Å². The summed E-state index contributed by atoms with van der Waals surface area (Å²) in [6.45, 7) is 2.88. The first-order valence-corrected chi connectivity index (χ1v) is 8.95. The molecular weight excluding hydrogens is 312 g/mol. The minimum Gasteiger partial charge on any atom is -0.345 e. The van der Waals surface area contributed by atoms with E-state index >= 15 is 0 Å². The SMILES string of the molecule is CCC[C@H](NC(=O)c1ccc(N2CCCC2=O)cc1)c1ccccc1. The Kier molecular flexibility index (Phi) is 5.49. The fourth-order valence-corrected chi connectivity index (χ4v) is 3.25. The van der Waals surface area contributed by atoms with Crippen molar-refractivity contribution in [3.63, 3.8) is 0 Å². The van der Waals surface area contributed by atoms with E-state index in [1.807, 2.05) is 42.5 Å². The van der Waals surface area contributed by atoms with Crippen molar-refractivity contribution in [2.75, 3.05) is 11.4 Å². The van der Waals surface area contributed by atoms with Crippen LogP contribution >= 0.6 is 0 Å². The average molecular weight is 336 g/mol. The standard InChI is InChI=1S/C21H24N2O2/c1-2-7-19(16-8-4-3-5-9-16)22-21(25)17-11-13-18(14-12-17)23-15-6-10-20(23)24/h3-5,8-9,11-14,19H,2,6-7,10,15H2,1H3,(H,22,25)/t19-/m0/s1. The van der Waals surface area contributed by atoms with Crippen LogP contribution in [-0.2, 0) is 4.79 Å². The summed E-state index contributed by atoms with van der Waals surface area (Å²) >= 11 is 0. The normalized spacial score (nSPS) is 15.2. The Balaban J connectivity index is 1.70. The largest absolute Gasteiger partial charge is 0.345 e. The molecule has 2 amide bonds. The first kappa shape index (κ1) is 17.2. The summed E-state index contributed by atoms with van der Waals surface area (Å²) < 4.78 is 0. The summed E-state index contributed by atoms with van der Waals surface area (Å²) in [4.78, 5) is 26.2. The van der Waals surface area contributed by atoms with Crippen molar-refractivity contribution >= 4 is 17.5 Å². The van der Waals surface area contributed by atoms with E-state index in [-0.39, 0.29) is 17.9 Å². The van der Waals surface area contributed by atoms with Crippen molar-refractivity contribution in [2.24, 2.45) is 0 Å². The molecule has 0 unspecified atom stereocenters.